The van der Waals surface area contributed by atoms with Crippen LogP contribution in [-0.2, 0) is 14.2 Å². The predicted octanol–water partition coefficient (Wildman–Crippen LogP) is 1.16. The Morgan fingerprint density at radius 1 is 0.333 bits per heavy atom. The summed E-state index contributed by atoms with van der Waals surface area (Å²) in [5.41, 5.74) is 0. The van der Waals surface area contributed by atoms with E-state index in [4.69, 9.17) is 9.47 Å². The first-order chi connectivity index (χ1) is 12.0. The second kappa shape index (κ2) is 19.1. The molecule has 6 heterocycles. The Morgan fingerprint density at radius 2 is 0.667 bits per heavy atom. The van der Waals surface area contributed by atoms with Crippen LogP contribution in [-0.4, -0.2) is 78.9 Å². The molecule has 0 aromatic heterocycles. The van der Waals surface area contributed by atoms with Crippen molar-refractivity contribution < 1.29 is 14.2 Å². The van der Waals surface area contributed by atoms with Gasteiger partial charge in [-0.25, -0.2) is 0 Å². The molecule has 0 atom stereocenters. The third kappa shape index (κ3) is 24.0. The van der Waals surface area contributed by atoms with Crippen LogP contribution < -0.4 is 16.0 Å². The number of epoxide rings is 1. The summed E-state index contributed by atoms with van der Waals surface area (Å²) in [7, 11) is 0. The molecule has 0 saturated carbocycles. The summed E-state index contributed by atoms with van der Waals surface area (Å²) in [4.78, 5) is 0. The van der Waals surface area contributed by atoms with Gasteiger partial charge in [-0.15, -0.1) is 0 Å². The first-order valence-corrected chi connectivity index (χ1v) is 9.85. The van der Waals surface area contributed by atoms with Crippen LogP contribution in [0.3, 0.4) is 0 Å². The van der Waals surface area contributed by atoms with Crippen LogP contribution >= 0.6 is 0 Å². The maximum atomic E-state index is 4.94. The molecule has 0 aromatic carbocycles. The van der Waals surface area contributed by atoms with Crippen molar-refractivity contribution >= 4 is 0 Å². The van der Waals surface area contributed by atoms with Crippen molar-refractivity contribution in [2.75, 3.05) is 78.9 Å². The highest BCUT2D eigenvalue weighted by Crippen LogP contribution is 1.98. The summed E-state index contributed by atoms with van der Waals surface area (Å²) in [5.74, 6) is 0. The van der Waals surface area contributed by atoms with Gasteiger partial charge < -0.3 is 30.2 Å². The van der Waals surface area contributed by atoms with Crippen molar-refractivity contribution in [2.24, 2.45) is 0 Å². The van der Waals surface area contributed by atoms with E-state index in [0.29, 0.717) is 0 Å². The molecule has 6 aliphatic heterocycles. The van der Waals surface area contributed by atoms with Crippen molar-refractivity contribution in [3.05, 3.63) is 0 Å². The highest BCUT2D eigenvalue weighted by Gasteiger charge is 1.95. The largest absolute Gasteiger partial charge is 0.381 e. The van der Waals surface area contributed by atoms with Gasteiger partial charge in [-0.05, 0) is 64.7 Å². The van der Waals surface area contributed by atoms with Crippen LogP contribution in [0.25, 0.3) is 0 Å². The minimum Gasteiger partial charge on any atom is -0.381 e. The van der Waals surface area contributed by atoms with Crippen molar-refractivity contribution in [2.45, 2.75) is 38.5 Å². The average molecular weight is 346 g/mol. The summed E-state index contributed by atoms with van der Waals surface area (Å²) in [6.07, 6.45) is 8.00. The maximum Gasteiger partial charge on any atom is 0.0701 e. The highest BCUT2D eigenvalue weighted by atomic mass is 16.6. The molecule has 0 bridgehead atoms. The van der Waals surface area contributed by atoms with E-state index in [1.165, 1.54) is 77.8 Å². The molecule has 0 aromatic rings. The average Bonchev–Trinajstić information content (AvgIpc) is 3.43. The third-order valence-electron chi connectivity index (χ3n) is 3.52. The van der Waals surface area contributed by atoms with Gasteiger partial charge in [0, 0.05) is 39.5 Å². The van der Waals surface area contributed by atoms with Crippen molar-refractivity contribution in [1.82, 2.24) is 16.0 Å². The molecule has 6 heteroatoms. The molecule has 24 heavy (non-hydrogen) atoms. The van der Waals surface area contributed by atoms with E-state index < -0.39 is 0 Å². The van der Waals surface area contributed by atoms with Gasteiger partial charge in [0.1, 0.15) is 0 Å². The zero-order valence-corrected chi connectivity index (χ0v) is 15.5. The van der Waals surface area contributed by atoms with Crippen LogP contribution in [0.5, 0.6) is 0 Å². The fourth-order valence-electron chi connectivity index (χ4n) is 1.46. The minimum atomic E-state index is 1.00. The first kappa shape index (κ1) is 21.8. The molecule has 144 valence electrons. The van der Waals surface area contributed by atoms with Gasteiger partial charge in [-0.3, -0.25) is 0 Å². The number of ether oxygens (including phenoxy) is 3. The SMILES string of the molecule is C1CCNC1.C1CCOC1.C1CN1.C1CNC1.C1CO1.C1COC1. The maximum absolute atomic E-state index is 4.94. The summed E-state index contributed by atoms with van der Waals surface area (Å²) >= 11 is 0. The predicted molar refractivity (Wildman–Crippen MR) is 98.8 cm³/mol. The Bertz CT molecular complexity index is 173. The quantitative estimate of drug-likeness (QED) is 0.572. The second-order valence-corrected chi connectivity index (χ2v) is 6.21. The van der Waals surface area contributed by atoms with Gasteiger partial charge in [0.05, 0.1) is 13.2 Å². The Hall–Kier alpha value is -0.240. The van der Waals surface area contributed by atoms with Gasteiger partial charge in [-0.1, -0.05) is 0 Å². The van der Waals surface area contributed by atoms with Crippen LogP contribution in [0.15, 0.2) is 0 Å². The van der Waals surface area contributed by atoms with Gasteiger partial charge in [0.25, 0.3) is 0 Å². The topological polar surface area (TPSA) is 77.0 Å². The molecule has 6 saturated heterocycles. The van der Waals surface area contributed by atoms with E-state index in [-0.39, 0.29) is 0 Å². The fraction of sp³-hybridized carbons (Fsp3) is 1.00. The molecule has 6 nitrogen and oxygen atoms in total. The monoisotopic (exact) mass is 345 g/mol. The molecule has 3 N–H and O–H groups in total. The summed E-state index contributed by atoms with van der Waals surface area (Å²) in [6.45, 7) is 13.5. The number of hydrogen-bond donors (Lipinski definition) is 3. The summed E-state index contributed by atoms with van der Waals surface area (Å²) < 4.78 is 14.2. The van der Waals surface area contributed by atoms with E-state index in [1.54, 1.807) is 0 Å². The second-order valence-electron chi connectivity index (χ2n) is 6.21. The van der Waals surface area contributed by atoms with Crippen LogP contribution in [0.4, 0.5) is 0 Å². The fourth-order valence-corrected chi connectivity index (χ4v) is 1.46. The molecular weight excluding hydrogens is 306 g/mol. The highest BCUT2D eigenvalue weighted by molar-refractivity contribution is 4.58. The van der Waals surface area contributed by atoms with Crippen LogP contribution in [0.2, 0.25) is 0 Å². The lowest BCUT2D eigenvalue weighted by Gasteiger charge is -2.09. The molecule has 0 radical (unpaired) electrons. The van der Waals surface area contributed by atoms with Crippen LogP contribution in [0, 0.1) is 0 Å². The number of hydrogen-bond acceptors (Lipinski definition) is 6. The van der Waals surface area contributed by atoms with Gasteiger partial charge in [0.2, 0.25) is 0 Å². The van der Waals surface area contributed by atoms with E-state index >= 15 is 0 Å². The Morgan fingerprint density at radius 3 is 0.750 bits per heavy atom. The smallest absolute Gasteiger partial charge is 0.0701 e. The molecule has 6 fully saturated rings. The van der Waals surface area contributed by atoms with E-state index in [2.05, 4.69) is 20.7 Å². The Labute approximate surface area is 148 Å². The molecule has 6 rings (SSSR count). The third-order valence-corrected chi connectivity index (χ3v) is 3.52. The van der Waals surface area contributed by atoms with E-state index in [1.807, 2.05) is 0 Å². The van der Waals surface area contributed by atoms with Gasteiger partial charge in [-0.2, -0.15) is 0 Å². The van der Waals surface area contributed by atoms with Gasteiger partial charge in [0.15, 0.2) is 0 Å². The lowest BCUT2D eigenvalue weighted by atomic mass is 10.3. The van der Waals surface area contributed by atoms with Crippen molar-refractivity contribution in [3.8, 4) is 0 Å². The Kier molecular flexibility index (Phi) is 17.3. The standard InChI is InChI=1S/C4H9N.C4H8O.C3H7N.C3H6O.C2H5N.C2H4O/c2*1-2-4-5-3-1;2*1-2-4-3-1;2*1-2-3-1/h5H,1-4H2;1-4H2;4H,1-3H2;1-3H2;3H,1-2H2;1-2H2. The number of nitrogens with one attached hydrogen (secondary N) is 3. The van der Waals surface area contributed by atoms with Crippen molar-refractivity contribution in [3.63, 3.8) is 0 Å². The van der Waals surface area contributed by atoms with Crippen LogP contribution in [0.1, 0.15) is 38.5 Å². The summed E-state index contributed by atoms with van der Waals surface area (Å²) in [6, 6.07) is 0. The van der Waals surface area contributed by atoms with Crippen molar-refractivity contribution in [1.29, 1.82) is 0 Å². The molecule has 0 unspecified atom stereocenters. The number of rotatable bonds is 0. The Balaban J connectivity index is 0.000000145. The summed E-state index contributed by atoms with van der Waals surface area (Å²) in [5, 5.41) is 9.33. The molecule has 6 aliphatic rings. The lowest BCUT2D eigenvalue weighted by molar-refractivity contribution is 0.0367. The zero-order valence-electron chi connectivity index (χ0n) is 15.5. The first-order valence-electron chi connectivity index (χ1n) is 9.85. The zero-order chi connectivity index (χ0) is 17.0. The molecule has 0 amide bonds. The normalized spacial score (nSPS) is 24.0. The molecule has 0 aliphatic carbocycles. The lowest BCUT2D eigenvalue weighted by Crippen LogP contribution is -2.29. The van der Waals surface area contributed by atoms with E-state index in [9.17, 15) is 0 Å². The van der Waals surface area contributed by atoms with Gasteiger partial charge >= 0.3 is 0 Å². The minimum absolute atomic E-state index is 1.00. The molecule has 0 spiro atoms. The van der Waals surface area contributed by atoms with E-state index in [0.717, 1.165) is 39.6 Å². The molecular formula is C18H39N3O3.